The molecule has 0 fully saturated rings. The molecule has 390 valence electrons. The van der Waals surface area contributed by atoms with E-state index in [4.69, 9.17) is 29.8 Å². The summed E-state index contributed by atoms with van der Waals surface area (Å²) in [5.74, 6) is -5.66. The normalized spacial score (nSPS) is 12.5. The Bertz CT molecular complexity index is 3130. The van der Waals surface area contributed by atoms with Gasteiger partial charge in [0.2, 0.25) is 0 Å². The van der Waals surface area contributed by atoms with Gasteiger partial charge in [-0.3, -0.25) is 18.7 Å². The third-order valence-electron chi connectivity index (χ3n) is 8.85. The van der Waals surface area contributed by atoms with E-state index in [-0.39, 0.29) is 53.6 Å². The van der Waals surface area contributed by atoms with E-state index >= 15 is 0 Å². The molecule has 72 heavy (non-hydrogen) atoms. The minimum Gasteiger partial charge on any atom is -0.478 e. The number of rotatable bonds is 29. The number of hydrogen-bond acceptors (Lipinski definition) is 25. The van der Waals surface area contributed by atoms with Gasteiger partial charge in [0, 0.05) is 35.7 Å². The first-order chi connectivity index (χ1) is 33.9. The maximum absolute atomic E-state index is 12.9. The highest BCUT2D eigenvalue weighted by molar-refractivity contribution is 7.94. The number of azo groups is 3. The van der Waals surface area contributed by atoms with Gasteiger partial charge in [0.25, 0.3) is 11.8 Å². The summed E-state index contributed by atoms with van der Waals surface area (Å²) in [7, 11) is -15.7. The van der Waals surface area contributed by atoms with E-state index < -0.39 is 123 Å². The van der Waals surface area contributed by atoms with Gasteiger partial charge in [0.1, 0.15) is 22.6 Å². The van der Waals surface area contributed by atoms with Gasteiger partial charge < -0.3 is 32.5 Å². The molecule has 0 bridgehead atoms. The van der Waals surface area contributed by atoms with E-state index in [1.807, 2.05) is 0 Å². The van der Waals surface area contributed by atoms with Crippen LogP contribution in [0.25, 0.3) is 0 Å². The Labute approximate surface area is 415 Å². The second kappa shape index (κ2) is 26.8. The zero-order valence-electron chi connectivity index (χ0n) is 37.3. The van der Waals surface area contributed by atoms with Gasteiger partial charge >= 0.3 is 26.8 Å². The van der Waals surface area contributed by atoms with E-state index in [0.717, 1.165) is 12.0 Å². The van der Waals surface area contributed by atoms with Crippen molar-refractivity contribution in [1.29, 1.82) is 0 Å². The van der Waals surface area contributed by atoms with Crippen molar-refractivity contribution in [1.82, 2.24) is 16.0 Å². The summed E-state index contributed by atoms with van der Waals surface area (Å²) in [5.41, 5.74) is 10.6. The lowest BCUT2D eigenvalue weighted by molar-refractivity contribution is -0.188. The molecule has 0 atom stereocenters. The van der Waals surface area contributed by atoms with E-state index in [2.05, 4.69) is 55.0 Å². The van der Waals surface area contributed by atoms with Gasteiger partial charge in [-0.1, -0.05) is 6.07 Å². The molecule has 34 heteroatoms. The Kier molecular flexibility index (Phi) is 21.7. The van der Waals surface area contributed by atoms with Crippen molar-refractivity contribution < 1.29 is 79.9 Å². The third-order valence-corrected chi connectivity index (χ3v) is 13.6. The van der Waals surface area contributed by atoms with Crippen LogP contribution in [0, 0.1) is 0 Å². The number of carboxylic acids is 1. The zero-order valence-corrected chi connectivity index (χ0v) is 41.4. The molecular weight excluding hydrogens is 1060 g/mol. The average molecular weight is 1100 g/mol. The quantitative estimate of drug-likeness (QED) is 0.00727. The van der Waals surface area contributed by atoms with Gasteiger partial charge in [0.15, 0.2) is 19.7 Å². The van der Waals surface area contributed by atoms with Crippen LogP contribution in [0.15, 0.2) is 108 Å². The summed E-state index contributed by atoms with van der Waals surface area (Å²) in [6, 6.07) is 16.9. The standard InChI is InChI=1S/C38H45N11O18S5/c1-41-13-16-64-67-68-29-4-2-3-28(23-29)46-48-34-30(38(52)53)33(47-44-26-9-5-24(6-10-26)36(50)42-14-19-69(54,55)21-17-65-71(58,59)60)31(39)35(32(34)40)49-45-27-11-7-25(8-12-27)37(51)43-15-20-70(56,57)22-18-66-72(61,62)63/h2-12,23,41H,13-22,39-40H2,1H3,(H,42,50)(H,43,51)(H,52,53)(H,58,59,60)(H,61,62,63)/b47-44?,48-46?,49-45-. The first kappa shape index (κ1) is 58.1. The Morgan fingerprint density at radius 1 is 0.583 bits per heavy atom. The Morgan fingerprint density at radius 3 is 1.46 bits per heavy atom. The fraction of sp³-hybridized carbons (Fsp3) is 0.289. The maximum atomic E-state index is 12.9. The van der Waals surface area contributed by atoms with Crippen molar-refractivity contribution in [3.63, 3.8) is 0 Å². The van der Waals surface area contributed by atoms with Crippen LogP contribution in [0.4, 0.5) is 45.5 Å². The van der Waals surface area contributed by atoms with Crippen LogP contribution in [0.3, 0.4) is 0 Å². The molecule has 0 unspecified atom stereocenters. The zero-order chi connectivity index (χ0) is 53.1. The third kappa shape index (κ3) is 20.0. The predicted molar refractivity (Wildman–Crippen MR) is 258 cm³/mol. The van der Waals surface area contributed by atoms with Crippen molar-refractivity contribution >= 4 is 116 Å². The number of carbonyl (C=O) groups excluding carboxylic acids is 2. The molecule has 2 amide bonds. The summed E-state index contributed by atoms with van der Waals surface area (Å²) in [5, 5.41) is 42.9. The van der Waals surface area contributed by atoms with Crippen LogP contribution in [-0.2, 0) is 58.1 Å². The Morgan fingerprint density at radius 2 is 1.03 bits per heavy atom. The Balaban J connectivity index is 1.61. The lowest BCUT2D eigenvalue weighted by Crippen LogP contribution is -2.30. The number of hydrogen-bond donors (Lipinski definition) is 8. The van der Waals surface area contributed by atoms with E-state index in [1.165, 1.54) is 48.5 Å². The molecule has 0 saturated heterocycles. The van der Waals surface area contributed by atoms with Crippen molar-refractivity contribution in [2.24, 2.45) is 30.7 Å². The smallest absolute Gasteiger partial charge is 0.397 e. The van der Waals surface area contributed by atoms with Gasteiger partial charge in [-0.25, -0.2) is 34.9 Å². The lowest BCUT2D eigenvalue weighted by Gasteiger charge is -2.13. The number of nitrogens with zero attached hydrogens (tertiary/aromatic N) is 6. The van der Waals surface area contributed by atoms with Gasteiger partial charge in [-0.05, 0) is 73.8 Å². The number of carboxylic acid groups (broad SMARTS) is 1. The Hall–Kier alpha value is -6.44. The molecule has 4 aromatic rings. The number of anilines is 2. The van der Waals surface area contributed by atoms with Crippen LogP contribution < -0.4 is 27.4 Å². The number of nitrogens with one attached hydrogen (secondary N) is 3. The van der Waals surface area contributed by atoms with Crippen molar-refractivity contribution in [3.8, 4) is 0 Å². The summed E-state index contributed by atoms with van der Waals surface area (Å²) >= 11 is 0.871. The van der Waals surface area contributed by atoms with Gasteiger partial charge in [-0.2, -0.15) is 36.5 Å². The number of nitrogens with two attached hydrogens (primary N) is 2. The summed E-state index contributed by atoms with van der Waals surface area (Å²) < 4.78 is 122. The average Bonchev–Trinajstić information content (AvgIpc) is 3.30. The van der Waals surface area contributed by atoms with Crippen LogP contribution in [0.5, 0.6) is 0 Å². The fourth-order valence-electron chi connectivity index (χ4n) is 5.37. The first-order valence-corrected chi connectivity index (χ1v) is 27.3. The predicted octanol–water partition coefficient (Wildman–Crippen LogP) is 3.90. The molecule has 0 aliphatic heterocycles. The molecular formula is C38H45N11O18S5. The van der Waals surface area contributed by atoms with Crippen molar-refractivity contribution in [2.45, 2.75) is 4.90 Å². The van der Waals surface area contributed by atoms with Crippen LogP contribution >= 0.6 is 12.0 Å². The molecule has 4 rings (SSSR count). The molecule has 0 radical (unpaired) electrons. The lowest BCUT2D eigenvalue weighted by atomic mass is 10.1. The minimum absolute atomic E-state index is 0.0453. The van der Waals surface area contributed by atoms with Crippen LogP contribution in [0.1, 0.15) is 31.1 Å². The molecule has 29 nitrogen and oxygen atoms in total. The molecule has 0 aliphatic carbocycles. The highest BCUT2D eigenvalue weighted by atomic mass is 32.3. The number of nitrogen functional groups attached to an aromatic ring is 2. The molecule has 10 N–H and O–H groups in total. The number of benzene rings is 4. The topological polar surface area (TPSA) is 448 Å². The number of aromatic carboxylic acids is 1. The summed E-state index contributed by atoms with van der Waals surface area (Å²) in [4.78, 5) is 44.0. The molecule has 0 aliphatic rings. The molecule has 4 aromatic carbocycles. The minimum atomic E-state index is -4.84. The summed E-state index contributed by atoms with van der Waals surface area (Å²) in [6.45, 7) is -1.59. The summed E-state index contributed by atoms with van der Waals surface area (Å²) in [6.07, 6.45) is 0. The monoisotopic (exact) mass is 1100 g/mol. The number of amides is 2. The fourth-order valence-corrected chi connectivity index (χ4v) is 8.58. The van der Waals surface area contributed by atoms with Crippen molar-refractivity contribution in [3.05, 3.63) is 89.5 Å². The maximum Gasteiger partial charge on any atom is 0.397 e. The van der Waals surface area contributed by atoms with Crippen molar-refractivity contribution in [2.75, 3.05) is 81.0 Å². The molecule has 0 aromatic heterocycles. The second-order valence-electron chi connectivity index (χ2n) is 14.1. The molecule has 0 saturated carbocycles. The molecule has 0 spiro atoms. The van der Waals surface area contributed by atoms with Crippen LogP contribution in [-0.4, -0.2) is 135 Å². The molecule has 0 heterocycles. The van der Waals surface area contributed by atoms with E-state index in [9.17, 15) is 53.2 Å². The van der Waals surface area contributed by atoms with Crippen LogP contribution in [0.2, 0.25) is 0 Å². The second-order valence-corrected chi connectivity index (χ2v) is 21.7. The van der Waals surface area contributed by atoms with Gasteiger partial charge in [0.05, 0.1) is 83.3 Å². The highest BCUT2D eigenvalue weighted by Crippen LogP contribution is 2.49. The first-order valence-electron chi connectivity index (χ1n) is 20.2. The number of likely N-dealkylation sites (N-methyl/N-ethyl adjacent to an activating group) is 1. The number of sulfone groups is 2. The van der Waals surface area contributed by atoms with Gasteiger partial charge in [-0.15, -0.1) is 15.3 Å². The number of carbonyl (C=O) groups is 3. The van der Waals surface area contributed by atoms with E-state index in [0.29, 0.717) is 11.4 Å². The largest absolute Gasteiger partial charge is 0.478 e. The highest BCUT2D eigenvalue weighted by Gasteiger charge is 2.27. The van der Waals surface area contributed by atoms with E-state index in [1.54, 1.807) is 31.3 Å². The SMILES string of the molecule is CNCCOOSc1cccc(N=Nc2c(N)c(/N=N\c3ccc(C(=O)NCCS(=O)(=O)CCOS(=O)(=O)O)cc3)c(N)c(N=Nc3ccc(C(=O)NCCS(=O)(=O)CCOS(=O)(=O)O)cc3)c2C(=O)O)c1.